The number of nitrogens with one attached hydrogen (secondary N) is 1. The molecular formula is C21H23N3O3S. The number of esters is 1. The lowest BCUT2D eigenvalue weighted by atomic mass is 9.98. The largest absolute Gasteiger partial charge is 0.497 e. The molecule has 3 aromatic rings. The number of rotatable bonds is 5. The van der Waals surface area contributed by atoms with E-state index in [2.05, 4.69) is 15.3 Å². The highest BCUT2D eigenvalue weighted by atomic mass is 32.1. The number of carbonyl (C=O) groups excluding carboxylic acids is 1. The SMILES string of the molecule is COc1cccc(Nc2ncnc3sc(C(=O)OC4CCCCC4)c(C)c23)c1. The fraction of sp³-hybridized carbons (Fsp3) is 0.381. The van der Waals surface area contributed by atoms with Gasteiger partial charge in [0.1, 0.15) is 33.7 Å². The van der Waals surface area contributed by atoms with Crippen LogP contribution in [0.15, 0.2) is 30.6 Å². The van der Waals surface area contributed by atoms with Crippen LogP contribution < -0.4 is 10.1 Å². The van der Waals surface area contributed by atoms with Gasteiger partial charge >= 0.3 is 5.97 Å². The monoisotopic (exact) mass is 397 g/mol. The lowest BCUT2D eigenvalue weighted by molar-refractivity contribution is 0.0216. The molecule has 0 amide bonds. The van der Waals surface area contributed by atoms with Crippen molar-refractivity contribution in [2.75, 3.05) is 12.4 Å². The maximum atomic E-state index is 12.8. The molecule has 1 N–H and O–H groups in total. The maximum absolute atomic E-state index is 12.8. The molecule has 0 radical (unpaired) electrons. The molecular weight excluding hydrogens is 374 g/mol. The van der Waals surface area contributed by atoms with Crippen molar-refractivity contribution in [1.29, 1.82) is 0 Å². The number of fused-ring (bicyclic) bond motifs is 1. The van der Waals surface area contributed by atoms with Crippen LogP contribution in [0.25, 0.3) is 10.2 Å². The van der Waals surface area contributed by atoms with Gasteiger partial charge in [0, 0.05) is 11.8 Å². The number of aromatic nitrogens is 2. The lowest BCUT2D eigenvalue weighted by Gasteiger charge is -2.21. The summed E-state index contributed by atoms with van der Waals surface area (Å²) in [5.41, 5.74) is 1.71. The van der Waals surface area contributed by atoms with Crippen molar-refractivity contribution in [3.05, 3.63) is 41.0 Å². The summed E-state index contributed by atoms with van der Waals surface area (Å²) in [6.07, 6.45) is 6.94. The van der Waals surface area contributed by atoms with E-state index < -0.39 is 0 Å². The van der Waals surface area contributed by atoms with Crippen molar-refractivity contribution >= 4 is 39.0 Å². The molecule has 7 heteroatoms. The number of aryl methyl sites for hydroxylation is 1. The smallest absolute Gasteiger partial charge is 0.348 e. The molecule has 0 saturated heterocycles. The van der Waals surface area contributed by atoms with Gasteiger partial charge in [-0.2, -0.15) is 0 Å². The first-order chi connectivity index (χ1) is 13.7. The van der Waals surface area contributed by atoms with Crippen LogP contribution in [0.3, 0.4) is 0 Å². The second kappa shape index (κ2) is 8.14. The zero-order valence-electron chi connectivity index (χ0n) is 16.0. The molecule has 2 aromatic heterocycles. The van der Waals surface area contributed by atoms with E-state index in [0.717, 1.165) is 52.9 Å². The van der Waals surface area contributed by atoms with Crippen LogP contribution in [0.2, 0.25) is 0 Å². The van der Waals surface area contributed by atoms with Gasteiger partial charge in [0.05, 0.1) is 12.5 Å². The quantitative estimate of drug-likeness (QED) is 0.594. The molecule has 146 valence electrons. The Hall–Kier alpha value is -2.67. The Kier molecular flexibility index (Phi) is 5.43. The molecule has 0 unspecified atom stereocenters. The third kappa shape index (κ3) is 3.80. The predicted octanol–water partition coefficient (Wildman–Crippen LogP) is 5.24. The Bertz CT molecular complexity index is 996. The van der Waals surface area contributed by atoms with Crippen molar-refractivity contribution in [2.45, 2.75) is 45.1 Å². The van der Waals surface area contributed by atoms with Crippen LogP contribution >= 0.6 is 11.3 Å². The minimum atomic E-state index is -0.250. The summed E-state index contributed by atoms with van der Waals surface area (Å²) in [6.45, 7) is 1.93. The molecule has 1 fully saturated rings. The average Bonchev–Trinajstić information content (AvgIpc) is 3.07. The third-order valence-corrected chi connectivity index (χ3v) is 6.25. The number of ether oxygens (including phenoxy) is 2. The number of carbonyl (C=O) groups is 1. The van der Waals surface area contributed by atoms with Crippen molar-refractivity contribution in [2.24, 2.45) is 0 Å². The summed E-state index contributed by atoms with van der Waals surface area (Å²) < 4.78 is 11.0. The molecule has 1 aliphatic carbocycles. The van der Waals surface area contributed by atoms with Gasteiger partial charge in [-0.1, -0.05) is 12.5 Å². The summed E-state index contributed by atoms with van der Waals surface area (Å²) in [6, 6.07) is 7.63. The number of methoxy groups -OCH3 is 1. The van der Waals surface area contributed by atoms with Gasteiger partial charge in [-0.25, -0.2) is 14.8 Å². The Labute approximate surface area is 167 Å². The van der Waals surface area contributed by atoms with Crippen molar-refractivity contribution in [3.63, 3.8) is 0 Å². The molecule has 6 nitrogen and oxygen atoms in total. The third-order valence-electron chi connectivity index (χ3n) is 5.07. The molecule has 1 aliphatic rings. The Morgan fingerprint density at radius 3 is 2.82 bits per heavy atom. The van der Waals surface area contributed by atoms with Crippen LogP contribution in [-0.2, 0) is 4.74 Å². The predicted molar refractivity (Wildman–Crippen MR) is 111 cm³/mol. The molecule has 0 bridgehead atoms. The van der Waals surface area contributed by atoms with Gasteiger partial charge in [-0.3, -0.25) is 0 Å². The van der Waals surface area contributed by atoms with E-state index in [0.29, 0.717) is 10.7 Å². The van der Waals surface area contributed by atoms with Crippen molar-refractivity contribution in [1.82, 2.24) is 9.97 Å². The van der Waals surface area contributed by atoms with E-state index in [4.69, 9.17) is 9.47 Å². The summed E-state index contributed by atoms with van der Waals surface area (Å²) in [5, 5.41) is 4.17. The first-order valence-corrected chi connectivity index (χ1v) is 10.3. The normalized spacial score (nSPS) is 14.8. The van der Waals surface area contributed by atoms with Crippen molar-refractivity contribution < 1.29 is 14.3 Å². The summed E-state index contributed by atoms with van der Waals surface area (Å²) >= 11 is 1.36. The van der Waals surface area contributed by atoms with E-state index in [-0.39, 0.29) is 12.1 Å². The highest BCUT2D eigenvalue weighted by Crippen LogP contribution is 2.35. The highest BCUT2D eigenvalue weighted by molar-refractivity contribution is 7.20. The number of hydrogen-bond acceptors (Lipinski definition) is 7. The lowest BCUT2D eigenvalue weighted by Crippen LogP contribution is -2.20. The Balaban J connectivity index is 1.63. The molecule has 1 aromatic carbocycles. The molecule has 4 rings (SSSR count). The van der Waals surface area contributed by atoms with E-state index in [1.807, 2.05) is 31.2 Å². The maximum Gasteiger partial charge on any atom is 0.348 e. The first kappa shape index (κ1) is 18.7. The molecule has 0 atom stereocenters. The molecule has 28 heavy (non-hydrogen) atoms. The van der Waals surface area contributed by atoms with Gasteiger partial charge in [-0.15, -0.1) is 11.3 Å². The molecule has 0 spiro atoms. The minimum Gasteiger partial charge on any atom is -0.497 e. The Morgan fingerprint density at radius 1 is 1.21 bits per heavy atom. The fourth-order valence-electron chi connectivity index (χ4n) is 3.59. The number of anilines is 2. The van der Waals surface area contributed by atoms with Crippen LogP contribution in [-0.4, -0.2) is 29.2 Å². The van der Waals surface area contributed by atoms with E-state index >= 15 is 0 Å². The van der Waals surface area contributed by atoms with Gasteiger partial charge in [-0.05, 0) is 50.3 Å². The Morgan fingerprint density at radius 2 is 2.04 bits per heavy atom. The van der Waals surface area contributed by atoms with Gasteiger partial charge in [0.25, 0.3) is 0 Å². The number of hydrogen-bond donors (Lipinski definition) is 1. The summed E-state index contributed by atoms with van der Waals surface area (Å²) in [4.78, 5) is 22.9. The highest BCUT2D eigenvalue weighted by Gasteiger charge is 2.24. The van der Waals surface area contributed by atoms with E-state index in [1.165, 1.54) is 24.1 Å². The first-order valence-electron chi connectivity index (χ1n) is 9.52. The fourth-order valence-corrected chi connectivity index (χ4v) is 4.62. The van der Waals surface area contributed by atoms with Gasteiger partial charge in [0.2, 0.25) is 0 Å². The second-order valence-corrected chi connectivity index (χ2v) is 7.98. The van der Waals surface area contributed by atoms with E-state index in [9.17, 15) is 4.79 Å². The molecule has 0 aliphatic heterocycles. The second-order valence-electron chi connectivity index (χ2n) is 6.98. The van der Waals surface area contributed by atoms with Crippen molar-refractivity contribution in [3.8, 4) is 5.75 Å². The summed E-state index contributed by atoms with van der Waals surface area (Å²) in [7, 11) is 1.63. The van der Waals surface area contributed by atoms with Gasteiger partial charge < -0.3 is 14.8 Å². The van der Waals surface area contributed by atoms with Crippen LogP contribution in [0.5, 0.6) is 5.75 Å². The summed E-state index contributed by atoms with van der Waals surface area (Å²) in [5.74, 6) is 1.18. The topological polar surface area (TPSA) is 73.3 Å². The number of thiophene rings is 1. The number of nitrogens with zero attached hydrogens (tertiary/aromatic N) is 2. The van der Waals surface area contributed by atoms with E-state index in [1.54, 1.807) is 7.11 Å². The minimum absolute atomic E-state index is 0.0336. The molecule has 2 heterocycles. The molecule has 1 saturated carbocycles. The zero-order valence-corrected chi connectivity index (χ0v) is 16.8. The van der Waals surface area contributed by atoms with Crippen LogP contribution in [0.1, 0.15) is 47.3 Å². The van der Waals surface area contributed by atoms with Crippen LogP contribution in [0.4, 0.5) is 11.5 Å². The van der Waals surface area contributed by atoms with Crippen LogP contribution in [0, 0.1) is 6.92 Å². The number of benzene rings is 1. The van der Waals surface area contributed by atoms with Gasteiger partial charge in [0.15, 0.2) is 0 Å². The zero-order chi connectivity index (χ0) is 19.5. The average molecular weight is 398 g/mol. The standard InChI is InChI=1S/C21H23N3O3S/c1-13-17-19(24-14-7-6-10-16(11-14)26-2)22-12-23-20(17)28-18(13)21(25)27-15-8-4-3-5-9-15/h6-7,10-12,15H,3-5,8-9H2,1-2H3,(H,22,23,24).